The third-order valence-corrected chi connectivity index (χ3v) is 2.44. The summed E-state index contributed by atoms with van der Waals surface area (Å²) in [6, 6.07) is 0. The molecule has 5 heteroatoms. The summed E-state index contributed by atoms with van der Waals surface area (Å²) in [6.07, 6.45) is 5.28. The molecule has 2 rings (SSSR count). The Morgan fingerprint density at radius 1 is 1.50 bits per heavy atom. The van der Waals surface area contributed by atoms with Crippen molar-refractivity contribution in [1.82, 2.24) is 19.5 Å². The van der Waals surface area contributed by atoms with Gasteiger partial charge in [0.15, 0.2) is 10.8 Å². The number of imidazole rings is 1. The zero-order valence-corrected chi connectivity index (χ0v) is 7.67. The zero-order valence-electron chi connectivity index (χ0n) is 6.85. The summed E-state index contributed by atoms with van der Waals surface area (Å²) in [5, 5.41) is 0.963. The third kappa shape index (κ3) is 0.972. The van der Waals surface area contributed by atoms with Crippen LogP contribution in [0.25, 0.3) is 11.2 Å². The number of aromatic nitrogens is 4. The molecule has 0 atom stereocenters. The maximum atomic E-state index is 4.31. The summed E-state index contributed by atoms with van der Waals surface area (Å²) in [5.74, 6) is 0. The number of hydrogen-bond donors (Lipinski definition) is 0. The molecule has 4 nitrogen and oxygen atoms in total. The molecule has 0 unspecified atom stereocenters. The van der Waals surface area contributed by atoms with E-state index >= 15 is 0 Å². The van der Waals surface area contributed by atoms with Crippen molar-refractivity contribution >= 4 is 22.9 Å². The van der Waals surface area contributed by atoms with E-state index in [9.17, 15) is 0 Å². The molecule has 0 aliphatic rings. The van der Waals surface area contributed by atoms with Gasteiger partial charge < -0.3 is 4.57 Å². The van der Waals surface area contributed by atoms with Crippen LogP contribution in [0.15, 0.2) is 17.7 Å². The standard InChI is InChI=1S/C7H8N4S/c1-11-5-3-8-4-9-6(5)10-7(11)12-2/h3-4H,1-2H3. The van der Waals surface area contributed by atoms with Gasteiger partial charge in [0.05, 0.1) is 6.20 Å². The van der Waals surface area contributed by atoms with E-state index in [1.54, 1.807) is 18.0 Å². The number of rotatable bonds is 1. The summed E-state index contributed by atoms with van der Waals surface area (Å²) in [6.45, 7) is 0. The lowest BCUT2D eigenvalue weighted by atomic mass is 10.5. The molecular weight excluding hydrogens is 172 g/mol. The van der Waals surface area contributed by atoms with Crippen molar-refractivity contribution in [2.75, 3.05) is 6.26 Å². The summed E-state index contributed by atoms with van der Waals surface area (Å²) < 4.78 is 1.99. The smallest absolute Gasteiger partial charge is 0.181 e. The largest absolute Gasteiger partial charge is 0.319 e. The molecule has 2 aromatic heterocycles. The Labute approximate surface area is 74.0 Å². The lowest BCUT2D eigenvalue weighted by Gasteiger charge is -1.95. The van der Waals surface area contributed by atoms with Crippen molar-refractivity contribution in [3.05, 3.63) is 12.5 Å². The van der Waals surface area contributed by atoms with Crippen LogP contribution in [0.2, 0.25) is 0 Å². The topological polar surface area (TPSA) is 43.6 Å². The van der Waals surface area contributed by atoms with Crippen molar-refractivity contribution in [2.24, 2.45) is 7.05 Å². The molecule has 0 saturated carbocycles. The molecular formula is C7H8N4S. The molecule has 0 aliphatic heterocycles. The van der Waals surface area contributed by atoms with Crippen LogP contribution in [0.4, 0.5) is 0 Å². The normalized spacial score (nSPS) is 10.8. The summed E-state index contributed by atoms with van der Waals surface area (Å²) >= 11 is 1.61. The number of nitrogens with zero attached hydrogens (tertiary/aromatic N) is 4. The van der Waals surface area contributed by atoms with Gasteiger partial charge >= 0.3 is 0 Å². The van der Waals surface area contributed by atoms with E-state index in [2.05, 4.69) is 15.0 Å². The maximum absolute atomic E-state index is 4.31. The van der Waals surface area contributed by atoms with Crippen molar-refractivity contribution in [3.8, 4) is 0 Å². The second kappa shape index (κ2) is 2.75. The Morgan fingerprint density at radius 3 is 3.00 bits per heavy atom. The summed E-state index contributed by atoms with van der Waals surface area (Å²) in [4.78, 5) is 12.3. The molecule has 0 bridgehead atoms. The Kier molecular flexibility index (Phi) is 1.73. The fourth-order valence-corrected chi connectivity index (χ4v) is 1.64. The number of thioether (sulfide) groups is 1. The predicted octanol–water partition coefficient (Wildman–Crippen LogP) is 1.09. The minimum atomic E-state index is 0.761. The highest BCUT2D eigenvalue weighted by Crippen LogP contribution is 2.17. The van der Waals surface area contributed by atoms with Crippen LogP contribution in [0.3, 0.4) is 0 Å². The van der Waals surface area contributed by atoms with Crippen molar-refractivity contribution < 1.29 is 0 Å². The molecule has 0 amide bonds. The van der Waals surface area contributed by atoms with Crippen LogP contribution in [0.1, 0.15) is 0 Å². The molecule has 0 spiro atoms. The van der Waals surface area contributed by atoms with Gasteiger partial charge in [-0.15, -0.1) is 0 Å². The zero-order chi connectivity index (χ0) is 8.55. The number of fused-ring (bicyclic) bond motifs is 1. The Bertz CT molecular complexity index is 409. The molecule has 12 heavy (non-hydrogen) atoms. The Morgan fingerprint density at radius 2 is 2.33 bits per heavy atom. The Hall–Kier alpha value is -1.10. The fraction of sp³-hybridized carbons (Fsp3) is 0.286. The van der Waals surface area contributed by atoms with E-state index in [4.69, 9.17) is 0 Å². The molecule has 0 aliphatic carbocycles. The van der Waals surface area contributed by atoms with Crippen LogP contribution in [-0.4, -0.2) is 25.8 Å². The fourth-order valence-electron chi connectivity index (χ4n) is 1.09. The summed E-state index contributed by atoms with van der Waals surface area (Å²) in [7, 11) is 1.96. The first kappa shape index (κ1) is 7.54. The van der Waals surface area contributed by atoms with E-state index in [0.29, 0.717) is 0 Å². The first-order chi connectivity index (χ1) is 5.83. The van der Waals surface area contributed by atoms with E-state index in [-0.39, 0.29) is 0 Å². The minimum Gasteiger partial charge on any atom is -0.319 e. The average Bonchev–Trinajstić information content (AvgIpc) is 2.44. The summed E-state index contributed by atoms with van der Waals surface area (Å²) in [5.41, 5.74) is 1.73. The van der Waals surface area contributed by atoms with Crippen LogP contribution in [0, 0.1) is 0 Å². The lowest BCUT2D eigenvalue weighted by Crippen LogP contribution is -1.89. The van der Waals surface area contributed by atoms with Gasteiger partial charge in [0, 0.05) is 7.05 Å². The average molecular weight is 180 g/mol. The van der Waals surface area contributed by atoms with Gasteiger partial charge in [0.2, 0.25) is 0 Å². The van der Waals surface area contributed by atoms with Crippen LogP contribution in [-0.2, 0) is 7.05 Å². The van der Waals surface area contributed by atoms with Crippen molar-refractivity contribution in [2.45, 2.75) is 5.16 Å². The van der Waals surface area contributed by atoms with Crippen molar-refractivity contribution in [3.63, 3.8) is 0 Å². The second-order valence-corrected chi connectivity index (χ2v) is 3.16. The third-order valence-electron chi connectivity index (χ3n) is 1.71. The van der Waals surface area contributed by atoms with Gasteiger partial charge in [0.25, 0.3) is 0 Å². The first-order valence-electron chi connectivity index (χ1n) is 3.49. The molecule has 0 radical (unpaired) electrons. The van der Waals surface area contributed by atoms with E-state index in [1.807, 2.05) is 17.9 Å². The van der Waals surface area contributed by atoms with E-state index in [0.717, 1.165) is 16.3 Å². The highest BCUT2D eigenvalue weighted by Gasteiger charge is 2.05. The number of hydrogen-bond acceptors (Lipinski definition) is 4. The second-order valence-electron chi connectivity index (χ2n) is 2.39. The lowest BCUT2D eigenvalue weighted by molar-refractivity contribution is 0.815. The van der Waals surface area contributed by atoms with E-state index in [1.165, 1.54) is 6.33 Å². The van der Waals surface area contributed by atoms with Gasteiger partial charge in [0.1, 0.15) is 11.8 Å². The van der Waals surface area contributed by atoms with Crippen LogP contribution < -0.4 is 0 Å². The van der Waals surface area contributed by atoms with Crippen LogP contribution in [0.5, 0.6) is 0 Å². The molecule has 0 saturated heterocycles. The maximum Gasteiger partial charge on any atom is 0.181 e. The monoisotopic (exact) mass is 180 g/mol. The molecule has 0 N–H and O–H groups in total. The first-order valence-corrected chi connectivity index (χ1v) is 4.72. The Balaban J connectivity index is 2.78. The molecule has 0 aromatic carbocycles. The molecule has 2 aromatic rings. The van der Waals surface area contributed by atoms with Gasteiger partial charge in [-0.1, -0.05) is 11.8 Å². The van der Waals surface area contributed by atoms with Gasteiger partial charge in [-0.3, -0.25) is 0 Å². The van der Waals surface area contributed by atoms with Gasteiger partial charge in [-0.2, -0.15) is 0 Å². The van der Waals surface area contributed by atoms with Crippen molar-refractivity contribution in [1.29, 1.82) is 0 Å². The van der Waals surface area contributed by atoms with Gasteiger partial charge in [-0.05, 0) is 6.26 Å². The predicted molar refractivity (Wildman–Crippen MR) is 48.1 cm³/mol. The quantitative estimate of drug-likeness (QED) is 0.616. The van der Waals surface area contributed by atoms with Gasteiger partial charge in [-0.25, -0.2) is 15.0 Å². The molecule has 2 heterocycles. The number of aryl methyl sites for hydroxylation is 1. The SMILES string of the molecule is CSc1nc2ncncc2n1C. The highest BCUT2D eigenvalue weighted by molar-refractivity contribution is 7.98. The van der Waals surface area contributed by atoms with E-state index < -0.39 is 0 Å². The highest BCUT2D eigenvalue weighted by atomic mass is 32.2. The molecule has 62 valence electrons. The molecule has 0 fully saturated rings. The van der Waals surface area contributed by atoms with Crippen LogP contribution >= 0.6 is 11.8 Å². The minimum absolute atomic E-state index is 0.761.